The van der Waals surface area contributed by atoms with E-state index in [1.54, 1.807) is 6.21 Å². The van der Waals surface area contributed by atoms with Crippen molar-refractivity contribution in [3.05, 3.63) is 82.6 Å². The van der Waals surface area contributed by atoms with E-state index < -0.39 is 0 Å². The molecule has 0 aromatic heterocycles. The van der Waals surface area contributed by atoms with Crippen molar-refractivity contribution in [1.29, 1.82) is 0 Å². The molecule has 2 aliphatic rings. The normalized spacial score (nSPS) is 20.8. The van der Waals surface area contributed by atoms with Crippen LogP contribution in [-0.4, -0.2) is 60.5 Å². The summed E-state index contributed by atoms with van der Waals surface area (Å²) in [6.07, 6.45) is 19.0. The van der Waals surface area contributed by atoms with Crippen LogP contribution in [0.4, 0.5) is 0 Å². The van der Waals surface area contributed by atoms with Gasteiger partial charge in [0.2, 0.25) is 0 Å². The van der Waals surface area contributed by atoms with Gasteiger partial charge in [0, 0.05) is 43.1 Å². The first-order valence-electron chi connectivity index (χ1n) is 17.4. The fraction of sp³-hybridized carbons (Fsp3) is 0.590. The second-order valence-corrected chi connectivity index (χ2v) is 13.2. The van der Waals surface area contributed by atoms with Crippen molar-refractivity contribution in [2.24, 2.45) is 16.6 Å². The number of halogens is 1. The van der Waals surface area contributed by atoms with Crippen LogP contribution in [0.2, 0.25) is 5.02 Å². The van der Waals surface area contributed by atoms with Gasteiger partial charge in [0.25, 0.3) is 5.91 Å². The summed E-state index contributed by atoms with van der Waals surface area (Å²) in [4.78, 5) is 19.2. The lowest BCUT2D eigenvalue weighted by Gasteiger charge is -2.36. The minimum absolute atomic E-state index is 0.0571. The number of likely N-dealkylation sites (tertiary alicyclic amines) is 1. The van der Waals surface area contributed by atoms with Gasteiger partial charge in [-0.1, -0.05) is 95.0 Å². The molecule has 46 heavy (non-hydrogen) atoms. The second kappa shape index (κ2) is 24.5. The number of hydrogen-bond acceptors (Lipinski definition) is 5. The van der Waals surface area contributed by atoms with Gasteiger partial charge in [0.15, 0.2) is 0 Å². The Balaban J connectivity index is 0.000000484. The maximum atomic E-state index is 12.4. The van der Waals surface area contributed by atoms with E-state index in [9.17, 15) is 9.90 Å². The Morgan fingerprint density at radius 2 is 1.96 bits per heavy atom. The number of benzene rings is 1. The topological polar surface area (TPSA) is 90.9 Å². The van der Waals surface area contributed by atoms with Gasteiger partial charge in [0.1, 0.15) is 0 Å². The highest BCUT2D eigenvalue weighted by Crippen LogP contribution is 2.37. The summed E-state index contributed by atoms with van der Waals surface area (Å²) < 4.78 is 0. The van der Waals surface area contributed by atoms with E-state index in [1.807, 2.05) is 25.1 Å². The van der Waals surface area contributed by atoms with Crippen LogP contribution in [0.15, 0.2) is 77.0 Å². The number of carbonyl (C=O) groups excluding carboxylic acids is 1. The number of aliphatic hydroxyl groups is 1. The highest BCUT2D eigenvalue weighted by Gasteiger charge is 2.31. The van der Waals surface area contributed by atoms with E-state index in [0.29, 0.717) is 18.0 Å². The molecule has 1 aromatic carbocycles. The van der Waals surface area contributed by atoms with E-state index in [-0.39, 0.29) is 18.1 Å². The molecule has 2 unspecified atom stereocenters. The minimum Gasteiger partial charge on any atom is -0.404 e. The molecule has 0 spiro atoms. The summed E-state index contributed by atoms with van der Waals surface area (Å²) in [6, 6.07) is 8.08. The van der Waals surface area contributed by atoms with Crippen LogP contribution in [-0.2, 0) is 4.79 Å². The molecule has 2 fully saturated rings. The zero-order valence-electron chi connectivity index (χ0n) is 29.6. The lowest BCUT2D eigenvalue weighted by atomic mass is 9.76. The van der Waals surface area contributed by atoms with Crippen molar-refractivity contribution in [3.63, 3.8) is 0 Å². The molecule has 1 aliphatic heterocycles. The molecule has 0 radical (unpaired) electrons. The zero-order chi connectivity index (χ0) is 34.3. The summed E-state index contributed by atoms with van der Waals surface area (Å²) in [7, 11) is 0. The molecule has 1 aromatic rings. The third-order valence-electron chi connectivity index (χ3n) is 8.24. The lowest BCUT2D eigenvalue weighted by molar-refractivity contribution is -0.118. The fourth-order valence-corrected chi connectivity index (χ4v) is 5.44. The first-order chi connectivity index (χ1) is 22.1. The van der Waals surface area contributed by atoms with E-state index in [2.05, 4.69) is 80.7 Å². The molecule has 6 nitrogen and oxygen atoms in total. The molecular formula is C39H63ClN4O2. The summed E-state index contributed by atoms with van der Waals surface area (Å²) >= 11 is 6.06. The van der Waals surface area contributed by atoms with Crippen LogP contribution in [0.3, 0.4) is 0 Å². The predicted molar refractivity (Wildman–Crippen MR) is 200 cm³/mol. The van der Waals surface area contributed by atoms with E-state index >= 15 is 0 Å². The van der Waals surface area contributed by atoms with Gasteiger partial charge in [-0.3, -0.25) is 9.79 Å². The number of allylic oxidation sites excluding steroid dienone is 3. The molecule has 7 heteroatoms. The van der Waals surface area contributed by atoms with Gasteiger partial charge >= 0.3 is 0 Å². The van der Waals surface area contributed by atoms with Gasteiger partial charge in [0.05, 0.1) is 18.2 Å². The third kappa shape index (κ3) is 17.9. The molecule has 2 atom stereocenters. The van der Waals surface area contributed by atoms with E-state index in [1.165, 1.54) is 43.1 Å². The van der Waals surface area contributed by atoms with Gasteiger partial charge in [-0.25, -0.2) is 0 Å². The third-order valence-corrected chi connectivity index (χ3v) is 8.48. The quantitative estimate of drug-likeness (QED) is 0.0763. The van der Waals surface area contributed by atoms with Crippen LogP contribution in [0.25, 0.3) is 0 Å². The molecule has 3 rings (SSSR count). The minimum atomic E-state index is -0.175. The van der Waals surface area contributed by atoms with Crippen molar-refractivity contribution < 1.29 is 9.90 Å². The first-order valence-corrected chi connectivity index (χ1v) is 17.8. The Labute approximate surface area is 286 Å². The maximum Gasteiger partial charge on any atom is 0.254 e. The van der Waals surface area contributed by atoms with Crippen LogP contribution in [0.5, 0.6) is 0 Å². The number of unbranched alkanes of at least 4 members (excludes halogenated alkanes) is 1. The van der Waals surface area contributed by atoms with Crippen molar-refractivity contribution in [1.82, 2.24) is 10.2 Å². The number of rotatable bonds is 15. The molecule has 0 bridgehead atoms. The number of nitrogens with one attached hydrogen (secondary N) is 1. The average molecular weight is 655 g/mol. The Bertz CT molecular complexity index is 1140. The predicted octanol–water partition coefficient (Wildman–Crippen LogP) is 8.77. The maximum absolute atomic E-state index is 12.4. The van der Waals surface area contributed by atoms with Crippen LogP contribution in [0, 0.1) is 5.92 Å². The van der Waals surface area contributed by atoms with E-state index in [0.717, 1.165) is 68.1 Å². The molecule has 4 N–H and O–H groups in total. The Kier molecular flexibility index (Phi) is 22.0. The molecule has 1 saturated heterocycles. The van der Waals surface area contributed by atoms with Crippen molar-refractivity contribution in [2.75, 3.05) is 26.2 Å². The van der Waals surface area contributed by atoms with Crippen molar-refractivity contribution in [2.45, 2.75) is 117 Å². The van der Waals surface area contributed by atoms with Crippen LogP contribution < -0.4 is 11.1 Å². The number of β-amino-alcohol motifs (C(OH)–C–C–N with tert-alkyl or cyclic N) is 1. The van der Waals surface area contributed by atoms with Gasteiger partial charge in [-0.2, -0.15) is 0 Å². The number of aliphatic hydroxyl groups excluding tert-OH is 1. The first kappa shape index (κ1) is 41.4. The highest BCUT2D eigenvalue weighted by atomic mass is 35.5. The van der Waals surface area contributed by atoms with Gasteiger partial charge in [-0.05, 0) is 87.0 Å². The summed E-state index contributed by atoms with van der Waals surface area (Å²) in [5, 5.41) is 13.1. The van der Waals surface area contributed by atoms with Gasteiger partial charge in [-0.15, -0.1) is 6.58 Å². The van der Waals surface area contributed by atoms with Crippen molar-refractivity contribution in [3.8, 4) is 0 Å². The second-order valence-electron chi connectivity index (χ2n) is 12.7. The van der Waals surface area contributed by atoms with E-state index in [4.69, 9.17) is 17.3 Å². The monoisotopic (exact) mass is 654 g/mol. The number of amides is 1. The smallest absolute Gasteiger partial charge is 0.254 e. The molecular weight excluding hydrogens is 592 g/mol. The zero-order valence-corrected chi connectivity index (χ0v) is 30.4. The molecule has 1 amide bonds. The Hall–Kier alpha value is -2.67. The number of nitrogens with two attached hydrogens (primary N) is 1. The lowest BCUT2D eigenvalue weighted by Crippen LogP contribution is -2.44. The van der Waals surface area contributed by atoms with Crippen LogP contribution >= 0.6 is 11.6 Å². The number of aliphatic imine (C=N–C) groups is 1. The van der Waals surface area contributed by atoms with Gasteiger partial charge < -0.3 is 21.1 Å². The Morgan fingerprint density at radius 1 is 1.24 bits per heavy atom. The molecule has 258 valence electrons. The van der Waals surface area contributed by atoms with Crippen molar-refractivity contribution >= 4 is 23.7 Å². The highest BCUT2D eigenvalue weighted by molar-refractivity contribution is 6.30. The fourth-order valence-electron chi connectivity index (χ4n) is 5.24. The van der Waals surface area contributed by atoms with Crippen LogP contribution in [0.1, 0.15) is 111 Å². The average Bonchev–Trinajstić information content (AvgIpc) is 3.42. The standard InChI is InChI=1S/C23H30ClN3O.C11H23NO.C5H10/c1-3-5-8-17(7-4-2)15-26-16-20(14-25)23(28)27-22-12-19(13-22)18-9-6-10-21(24)11-18;1-3-4-5-10(2)8-12-7-6-11(13)9-12;1-4-5(2)3/h5-11,14,16,19,22H,3-4,12-13,15,25H2,1-2H3,(H,27,28);10-11,13H,3-9H2,1-2H3;2,4H2,1,3H3/b8-5+,17-7+,20-14+,26-16?;;. The number of carbonyl (C=O) groups is 1. The Morgan fingerprint density at radius 3 is 2.50 bits per heavy atom. The summed E-state index contributed by atoms with van der Waals surface area (Å²) in [5.41, 5.74) is 9.65. The summed E-state index contributed by atoms with van der Waals surface area (Å²) in [6.45, 7) is 20.3. The number of nitrogens with zero attached hydrogens (tertiary/aromatic N) is 2. The molecule has 1 heterocycles. The SMILES string of the molecule is C=C(C)CC.CC/C=C/C(=C\CC)CN=C/C(=C\N)C(=O)NC1CC(c2cccc(Cl)c2)C1.CCCCC(C)CN1CCC(O)C1. The molecule has 1 aliphatic carbocycles. The largest absolute Gasteiger partial charge is 0.404 e. The summed E-state index contributed by atoms with van der Waals surface area (Å²) in [5.74, 6) is 1.06. The number of hydrogen-bond donors (Lipinski definition) is 3. The molecule has 1 saturated carbocycles.